The summed E-state index contributed by atoms with van der Waals surface area (Å²) < 4.78 is 27.8. The molecule has 0 spiro atoms. The minimum Gasteiger partial charge on any atom is -0.342 e. The standard InChI is InChI=1S/C19H27N3O4S2/c23-18(14-5-6-14)22-9-1-3-15(13-22)19(24)21-10-7-16(8-11-21)20-28(25,26)17-4-2-12-27-17/h2,4,12,14-16,20H,1,3,5-11,13H2. The average Bonchev–Trinajstić information content (AvgIpc) is 3.39. The molecule has 2 aliphatic heterocycles. The Labute approximate surface area is 170 Å². The van der Waals surface area contributed by atoms with Gasteiger partial charge in [-0.3, -0.25) is 9.59 Å². The molecule has 1 aliphatic carbocycles. The predicted molar refractivity (Wildman–Crippen MR) is 106 cm³/mol. The van der Waals surface area contributed by atoms with Gasteiger partial charge in [0.2, 0.25) is 21.8 Å². The number of nitrogens with one attached hydrogen (secondary N) is 1. The van der Waals surface area contributed by atoms with E-state index in [-0.39, 0.29) is 29.7 Å². The Hall–Kier alpha value is -1.45. The summed E-state index contributed by atoms with van der Waals surface area (Å²) in [4.78, 5) is 29.0. The molecule has 3 aliphatic rings. The Morgan fingerprint density at radius 3 is 2.32 bits per heavy atom. The number of nitrogens with zero attached hydrogens (tertiary/aromatic N) is 2. The van der Waals surface area contributed by atoms with Gasteiger partial charge in [0.25, 0.3) is 0 Å². The first kappa shape index (κ1) is 19.8. The average molecular weight is 426 g/mol. The van der Waals surface area contributed by atoms with Gasteiger partial charge in [-0.15, -0.1) is 11.3 Å². The normalized spacial score (nSPS) is 24.4. The van der Waals surface area contributed by atoms with Crippen LogP contribution in [-0.2, 0) is 19.6 Å². The van der Waals surface area contributed by atoms with Gasteiger partial charge in [-0.2, -0.15) is 0 Å². The van der Waals surface area contributed by atoms with Crippen LogP contribution in [0.5, 0.6) is 0 Å². The van der Waals surface area contributed by atoms with Crippen LogP contribution in [0.3, 0.4) is 0 Å². The largest absolute Gasteiger partial charge is 0.342 e. The lowest BCUT2D eigenvalue weighted by molar-refractivity contribution is -0.142. The number of piperidine rings is 2. The van der Waals surface area contributed by atoms with Crippen LogP contribution >= 0.6 is 11.3 Å². The van der Waals surface area contributed by atoms with E-state index in [0.29, 0.717) is 36.7 Å². The molecule has 1 saturated carbocycles. The van der Waals surface area contributed by atoms with E-state index in [1.807, 2.05) is 9.80 Å². The zero-order valence-electron chi connectivity index (χ0n) is 15.9. The van der Waals surface area contributed by atoms with Gasteiger partial charge >= 0.3 is 0 Å². The molecular formula is C19H27N3O4S2. The lowest BCUT2D eigenvalue weighted by atomic mass is 9.94. The van der Waals surface area contributed by atoms with Gasteiger partial charge in [0.15, 0.2) is 0 Å². The van der Waals surface area contributed by atoms with Crippen LogP contribution in [0.1, 0.15) is 38.5 Å². The summed E-state index contributed by atoms with van der Waals surface area (Å²) in [6.45, 7) is 2.43. The van der Waals surface area contributed by atoms with Crippen LogP contribution in [-0.4, -0.2) is 62.3 Å². The molecule has 3 heterocycles. The van der Waals surface area contributed by atoms with E-state index in [2.05, 4.69) is 4.72 Å². The maximum absolute atomic E-state index is 12.9. The van der Waals surface area contributed by atoms with Gasteiger partial charge in [0.05, 0.1) is 5.92 Å². The summed E-state index contributed by atoms with van der Waals surface area (Å²) in [5, 5.41) is 1.75. The third kappa shape index (κ3) is 4.41. The van der Waals surface area contributed by atoms with Crippen LogP contribution in [0.25, 0.3) is 0 Å². The fourth-order valence-corrected chi connectivity index (χ4v) is 6.45. The number of thiophene rings is 1. The van der Waals surface area contributed by atoms with E-state index in [9.17, 15) is 18.0 Å². The Morgan fingerprint density at radius 2 is 1.68 bits per heavy atom. The molecule has 2 amide bonds. The molecule has 2 saturated heterocycles. The van der Waals surface area contributed by atoms with E-state index in [0.717, 1.165) is 32.2 Å². The SMILES string of the molecule is O=C(C1CCCN(C(=O)C2CC2)C1)N1CCC(NS(=O)(=O)c2cccs2)CC1. The molecule has 7 nitrogen and oxygen atoms in total. The van der Waals surface area contributed by atoms with Crippen molar-refractivity contribution in [1.29, 1.82) is 0 Å². The maximum atomic E-state index is 12.9. The Bertz CT molecular complexity index is 812. The molecule has 1 aromatic heterocycles. The zero-order valence-corrected chi connectivity index (χ0v) is 17.5. The van der Waals surface area contributed by atoms with Gasteiger partial charge in [-0.1, -0.05) is 6.07 Å². The summed E-state index contributed by atoms with van der Waals surface area (Å²) in [7, 11) is -3.47. The highest BCUT2D eigenvalue weighted by atomic mass is 32.2. The highest BCUT2D eigenvalue weighted by Gasteiger charge is 2.38. The van der Waals surface area contributed by atoms with Crippen molar-refractivity contribution in [3.8, 4) is 0 Å². The van der Waals surface area contributed by atoms with Crippen molar-refractivity contribution in [2.75, 3.05) is 26.2 Å². The third-order valence-corrected chi connectivity index (χ3v) is 8.82. The predicted octanol–water partition coefficient (Wildman–Crippen LogP) is 1.67. The molecule has 0 bridgehead atoms. The fourth-order valence-electron chi connectivity index (χ4n) is 4.14. The third-order valence-electron chi connectivity index (χ3n) is 5.90. The minimum absolute atomic E-state index is 0.115. The smallest absolute Gasteiger partial charge is 0.250 e. The number of carbonyl (C=O) groups excluding carboxylic acids is 2. The molecule has 28 heavy (non-hydrogen) atoms. The van der Waals surface area contributed by atoms with E-state index < -0.39 is 10.0 Å². The van der Waals surface area contributed by atoms with E-state index >= 15 is 0 Å². The van der Waals surface area contributed by atoms with Gasteiger partial charge in [0, 0.05) is 38.1 Å². The van der Waals surface area contributed by atoms with Gasteiger partial charge in [-0.25, -0.2) is 13.1 Å². The summed E-state index contributed by atoms with van der Waals surface area (Å²) in [6.07, 6.45) is 4.93. The van der Waals surface area contributed by atoms with Crippen molar-refractivity contribution in [2.45, 2.75) is 48.8 Å². The fraction of sp³-hybridized carbons (Fsp3) is 0.684. The molecule has 9 heteroatoms. The van der Waals surface area contributed by atoms with Crippen molar-refractivity contribution in [1.82, 2.24) is 14.5 Å². The Kier molecular flexibility index (Phi) is 5.76. The lowest BCUT2D eigenvalue weighted by Gasteiger charge is -2.38. The maximum Gasteiger partial charge on any atom is 0.250 e. The highest BCUT2D eigenvalue weighted by Crippen LogP contribution is 2.33. The number of sulfonamides is 1. The minimum atomic E-state index is -3.47. The molecule has 154 valence electrons. The van der Waals surface area contributed by atoms with Crippen LogP contribution in [0.2, 0.25) is 0 Å². The molecule has 3 fully saturated rings. The first-order chi connectivity index (χ1) is 13.4. The molecule has 4 rings (SSSR count). The van der Waals surface area contributed by atoms with E-state index in [1.54, 1.807) is 17.5 Å². The number of rotatable bonds is 5. The number of hydrogen-bond donors (Lipinski definition) is 1. The van der Waals surface area contributed by atoms with Crippen molar-refractivity contribution in [3.63, 3.8) is 0 Å². The van der Waals surface area contributed by atoms with Gasteiger partial charge in [0.1, 0.15) is 4.21 Å². The van der Waals surface area contributed by atoms with Crippen LogP contribution in [0, 0.1) is 11.8 Å². The molecule has 0 radical (unpaired) electrons. The molecule has 1 aromatic rings. The van der Waals surface area contributed by atoms with Gasteiger partial charge < -0.3 is 9.80 Å². The second-order valence-corrected chi connectivity index (χ2v) is 10.9. The first-order valence-corrected chi connectivity index (χ1v) is 12.4. The summed E-state index contributed by atoms with van der Waals surface area (Å²) in [5.41, 5.74) is 0. The number of carbonyl (C=O) groups is 2. The van der Waals surface area contributed by atoms with E-state index in [4.69, 9.17) is 0 Å². The lowest BCUT2D eigenvalue weighted by Crippen LogP contribution is -2.51. The molecule has 1 unspecified atom stereocenters. The summed E-state index contributed by atoms with van der Waals surface area (Å²) in [5.74, 6) is 0.420. The summed E-state index contributed by atoms with van der Waals surface area (Å²) >= 11 is 1.20. The molecule has 1 atom stereocenters. The first-order valence-electron chi connectivity index (χ1n) is 10.1. The Morgan fingerprint density at radius 1 is 0.964 bits per heavy atom. The Balaban J connectivity index is 1.28. The monoisotopic (exact) mass is 425 g/mol. The number of hydrogen-bond acceptors (Lipinski definition) is 5. The molecule has 1 N–H and O–H groups in total. The second kappa shape index (κ2) is 8.12. The molecular weight excluding hydrogens is 398 g/mol. The highest BCUT2D eigenvalue weighted by molar-refractivity contribution is 7.91. The topological polar surface area (TPSA) is 86.8 Å². The van der Waals surface area contributed by atoms with Crippen molar-refractivity contribution in [3.05, 3.63) is 17.5 Å². The van der Waals surface area contributed by atoms with Crippen molar-refractivity contribution in [2.24, 2.45) is 11.8 Å². The van der Waals surface area contributed by atoms with Crippen LogP contribution in [0.15, 0.2) is 21.7 Å². The quantitative estimate of drug-likeness (QED) is 0.777. The van der Waals surface area contributed by atoms with E-state index in [1.165, 1.54) is 11.3 Å². The van der Waals surface area contributed by atoms with Crippen LogP contribution in [0.4, 0.5) is 0 Å². The number of likely N-dealkylation sites (tertiary alicyclic amines) is 2. The van der Waals surface area contributed by atoms with Crippen LogP contribution < -0.4 is 4.72 Å². The van der Waals surface area contributed by atoms with Crippen molar-refractivity contribution < 1.29 is 18.0 Å². The van der Waals surface area contributed by atoms with Gasteiger partial charge in [-0.05, 0) is 50.0 Å². The molecule has 0 aromatic carbocycles. The second-order valence-electron chi connectivity index (χ2n) is 8.05. The summed E-state index contributed by atoms with van der Waals surface area (Å²) in [6, 6.07) is 3.18. The van der Waals surface area contributed by atoms with Crippen molar-refractivity contribution >= 4 is 33.2 Å². The number of amides is 2. The zero-order chi connectivity index (χ0) is 19.7.